The summed E-state index contributed by atoms with van der Waals surface area (Å²) in [6.45, 7) is 7.75. The van der Waals surface area contributed by atoms with Gasteiger partial charge in [-0.15, -0.1) is 0 Å². The molecule has 0 aromatic heterocycles. The molecule has 1 saturated carbocycles. The Labute approximate surface area is 136 Å². The summed E-state index contributed by atoms with van der Waals surface area (Å²) in [7, 11) is 0. The van der Waals surface area contributed by atoms with Gasteiger partial charge in [0.05, 0.1) is 10.6 Å². The Hall–Kier alpha value is -0.730. The van der Waals surface area contributed by atoms with Crippen LogP contribution < -0.4 is 0 Å². The standard InChI is InChI=1S/C17H21Cl2NO/c1-16(2)7-12-8-17(3,9-16)10-20(12)15(21)13-5-4-11(18)6-14(13)19/h4-6,12H,7-10H2,1-3H3/t12-,17-/m1/s1. The summed E-state index contributed by atoms with van der Waals surface area (Å²) >= 11 is 12.1. The van der Waals surface area contributed by atoms with Crippen molar-refractivity contribution < 1.29 is 4.79 Å². The van der Waals surface area contributed by atoms with Crippen LogP contribution in [0.3, 0.4) is 0 Å². The van der Waals surface area contributed by atoms with Crippen LogP contribution in [0.5, 0.6) is 0 Å². The van der Waals surface area contributed by atoms with Crippen molar-refractivity contribution in [3.63, 3.8) is 0 Å². The van der Waals surface area contributed by atoms with Crippen molar-refractivity contribution in [1.29, 1.82) is 0 Å². The van der Waals surface area contributed by atoms with Gasteiger partial charge in [-0.2, -0.15) is 0 Å². The first-order valence-corrected chi connectivity index (χ1v) is 8.21. The van der Waals surface area contributed by atoms with Crippen LogP contribution in [-0.4, -0.2) is 23.4 Å². The summed E-state index contributed by atoms with van der Waals surface area (Å²) in [5.74, 6) is 0.0445. The Balaban J connectivity index is 1.90. The summed E-state index contributed by atoms with van der Waals surface area (Å²) in [4.78, 5) is 14.9. The molecule has 2 bridgehead atoms. The molecule has 1 saturated heterocycles. The molecule has 114 valence electrons. The molecule has 1 aromatic rings. The fourth-order valence-electron chi connectivity index (χ4n) is 4.51. The van der Waals surface area contributed by atoms with Gasteiger partial charge in [-0.3, -0.25) is 4.79 Å². The third-order valence-corrected chi connectivity index (χ3v) is 5.39. The van der Waals surface area contributed by atoms with E-state index in [0.717, 1.165) is 19.4 Å². The van der Waals surface area contributed by atoms with Crippen LogP contribution in [-0.2, 0) is 0 Å². The summed E-state index contributed by atoms with van der Waals surface area (Å²) < 4.78 is 0. The van der Waals surface area contributed by atoms with Gasteiger partial charge in [0.2, 0.25) is 0 Å². The van der Waals surface area contributed by atoms with E-state index in [9.17, 15) is 4.79 Å². The van der Waals surface area contributed by atoms with Gasteiger partial charge >= 0.3 is 0 Å². The van der Waals surface area contributed by atoms with E-state index in [0.29, 0.717) is 27.1 Å². The average molecular weight is 326 g/mol. The fraction of sp³-hybridized carbons (Fsp3) is 0.588. The maximum absolute atomic E-state index is 12.9. The maximum Gasteiger partial charge on any atom is 0.255 e. The molecule has 1 heterocycles. The summed E-state index contributed by atoms with van der Waals surface area (Å²) in [5.41, 5.74) is 1.10. The lowest BCUT2D eigenvalue weighted by Crippen LogP contribution is -2.37. The monoisotopic (exact) mass is 325 g/mol. The van der Waals surface area contributed by atoms with E-state index in [1.807, 2.05) is 4.90 Å². The smallest absolute Gasteiger partial charge is 0.255 e. The van der Waals surface area contributed by atoms with Crippen molar-refractivity contribution in [2.75, 3.05) is 6.54 Å². The van der Waals surface area contributed by atoms with E-state index in [-0.39, 0.29) is 11.3 Å². The van der Waals surface area contributed by atoms with Crippen molar-refractivity contribution in [2.24, 2.45) is 10.8 Å². The minimum atomic E-state index is 0.0445. The number of rotatable bonds is 1. The Kier molecular flexibility index (Phi) is 3.53. The van der Waals surface area contributed by atoms with E-state index in [4.69, 9.17) is 23.2 Å². The van der Waals surface area contributed by atoms with Gasteiger partial charge in [0.25, 0.3) is 5.91 Å². The molecule has 1 aliphatic heterocycles. The van der Waals surface area contributed by atoms with Crippen molar-refractivity contribution in [1.82, 2.24) is 4.90 Å². The molecule has 1 amide bonds. The molecule has 0 radical (unpaired) electrons. The largest absolute Gasteiger partial charge is 0.335 e. The Morgan fingerprint density at radius 3 is 2.62 bits per heavy atom. The molecular weight excluding hydrogens is 305 g/mol. The van der Waals surface area contributed by atoms with Crippen molar-refractivity contribution in [3.8, 4) is 0 Å². The highest BCUT2D eigenvalue weighted by Gasteiger charge is 2.51. The van der Waals surface area contributed by atoms with E-state index < -0.39 is 0 Å². The zero-order valence-electron chi connectivity index (χ0n) is 12.7. The number of hydrogen-bond acceptors (Lipinski definition) is 1. The number of nitrogens with zero attached hydrogens (tertiary/aromatic N) is 1. The molecule has 21 heavy (non-hydrogen) atoms. The predicted octanol–water partition coefficient (Wildman–Crippen LogP) is 5.03. The molecule has 2 atom stereocenters. The Morgan fingerprint density at radius 1 is 1.24 bits per heavy atom. The van der Waals surface area contributed by atoms with Crippen LogP contribution in [0.25, 0.3) is 0 Å². The molecule has 4 heteroatoms. The maximum atomic E-state index is 12.9. The molecule has 2 aliphatic rings. The third-order valence-electron chi connectivity index (χ3n) is 4.84. The lowest BCUT2D eigenvalue weighted by atomic mass is 9.65. The van der Waals surface area contributed by atoms with Crippen LogP contribution in [0, 0.1) is 10.8 Å². The zero-order valence-corrected chi connectivity index (χ0v) is 14.3. The highest BCUT2D eigenvalue weighted by molar-refractivity contribution is 6.36. The number of benzene rings is 1. The van der Waals surface area contributed by atoms with E-state index in [2.05, 4.69) is 20.8 Å². The van der Waals surface area contributed by atoms with Gasteiger partial charge in [-0.25, -0.2) is 0 Å². The molecule has 2 nitrogen and oxygen atoms in total. The van der Waals surface area contributed by atoms with Crippen LogP contribution >= 0.6 is 23.2 Å². The second-order valence-electron chi connectivity index (χ2n) is 7.77. The van der Waals surface area contributed by atoms with Gasteiger partial charge in [-0.05, 0) is 48.3 Å². The van der Waals surface area contributed by atoms with Gasteiger partial charge in [-0.1, -0.05) is 44.0 Å². The topological polar surface area (TPSA) is 20.3 Å². The number of hydrogen-bond donors (Lipinski definition) is 0. The number of carbonyl (C=O) groups excluding carboxylic acids is 1. The second-order valence-corrected chi connectivity index (χ2v) is 8.61. The van der Waals surface area contributed by atoms with E-state index in [1.165, 1.54) is 6.42 Å². The van der Waals surface area contributed by atoms with Crippen LogP contribution in [0.15, 0.2) is 18.2 Å². The zero-order chi connectivity index (χ0) is 15.4. The minimum Gasteiger partial charge on any atom is -0.335 e. The molecule has 1 aliphatic carbocycles. The molecule has 0 N–H and O–H groups in total. The third kappa shape index (κ3) is 2.80. The molecule has 2 fully saturated rings. The highest BCUT2D eigenvalue weighted by Crippen LogP contribution is 2.52. The molecule has 0 spiro atoms. The summed E-state index contributed by atoms with van der Waals surface area (Å²) in [6, 6.07) is 5.44. The van der Waals surface area contributed by atoms with E-state index in [1.54, 1.807) is 18.2 Å². The normalized spacial score (nSPS) is 30.5. The fourth-order valence-corrected chi connectivity index (χ4v) is 5.00. The van der Waals surface area contributed by atoms with Crippen molar-refractivity contribution in [2.45, 2.75) is 46.1 Å². The number of likely N-dealkylation sites (tertiary alicyclic amines) is 1. The minimum absolute atomic E-state index is 0.0445. The van der Waals surface area contributed by atoms with Crippen LogP contribution in [0.4, 0.5) is 0 Å². The Morgan fingerprint density at radius 2 is 1.95 bits per heavy atom. The number of halogens is 2. The SMILES string of the molecule is CC1(C)C[C@@H]2C[C@@](C)(CN2C(=O)c2ccc(Cl)cc2Cl)C1. The highest BCUT2D eigenvalue weighted by atomic mass is 35.5. The van der Waals surface area contributed by atoms with E-state index >= 15 is 0 Å². The molecular formula is C17H21Cl2NO. The first kappa shape index (κ1) is 15.2. The molecule has 0 unspecified atom stereocenters. The van der Waals surface area contributed by atoms with Gasteiger partial charge in [0, 0.05) is 17.6 Å². The predicted molar refractivity (Wildman–Crippen MR) is 87.0 cm³/mol. The summed E-state index contributed by atoms with van der Waals surface area (Å²) in [5, 5.41) is 1.00. The second kappa shape index (κ2) is 4.89. The average Bonchev–Trinajstić information content (AvgIpc) is 2.57. The molecule has 3 rings (SSSR count). The number of fused-ring (bicyclic) bond motifs is 2. The number of carbonyl (C=O) groups is 1. The van der Waals surface area contributed by atoms with Crippen molar-refractivity contribution in [3.05, 3.63) is 33.8 Å². The Bertz CT molecular complexity index is 598. The van der Waals surface area contributed by atoms with Gasteiger partial charge in [0.1, 0.15) is 0 Å². The quantitative estimate of drug-likeness (QED) is 0.708. The van der Waals surface area contributed by atoms with Crippen LogP contribution in [0.2, 0.25) is 10.0 Å². The summed E-state index contributed by atoms with van der Waals surface area (Å²) in [6.07, 6.45) is 3.35. The van der Waals surface area contributed by atoms with Gasteiger partial charge < -0.3 is 4.90 Å². The first-order valence-electron chi connectivity index (χ1n) is 7.45. The lowest BCUT2D eigenvalue weighted by Gasteiger charge is -2.39. The number of amides is 1. The first-order chi connectivity index (χ1) is 9.69. The molecule has 1 aromatic carbocycles. The lowest BCUT2D eigenvalue weighted by molar-refractivity contribution is 0.0708. The van der Waals surface area contributed by atoms with Crippen LogP contribution in [0.1, 0.15) is 50.4 Å². The van der Waals surface area contributed by atoms with Gasteiger partial charge in [0.15, 0.2) is 0 Å². The van der Waals surface area contributed by atoms with Crippen molar-refractivity contribution >= 4 is 29.1 Å².